The third kappa shape index (κ3) is 1.25. The average molecular weight is 209 g/mol. The third-order valence-corrected chi connectivity index (χ3v) is 3.80. The molecule has 3 heterocycles. The van der Waals surface area contributed by atoms with Gasteiger partial charge in [-0.3, -0.25) is 0 Å². The molecule has 3 heteroatoms. The van der Waals surface area contributed by atoms with E-state index in [4.69, 9.17) is 11.6 Å². The van der Waals surface area contributed by atoms with Crippen LogP contribution in [0.4, 0.5) is 0 Å². The summed E-state index contributed by atoms with van der Waals surface area (Å²) in [5, 5.41) is 4.30. The lowest BCUT2D eigenvalue weighted by atomic mass is 9.85. The number of fused-ring (bicyclic) bond motifs is 2. The molecule has 2 aliphatic rings. The summed E-state index contributed by atoms with van der Waals surface area (Å²) < 4.78 is 0. The lowest BCUT2D eigenvalue weighted by Crippen LogP contribution is -2.21. The lowest BCUT2D eigenvalue weighted by molar-refractivity contribution is 0.505. The maximum absolute atomic E-state index is 6.10. The molecule has 0 saturated carbocycles. The Kier molecular flexibility index (Phi) is 1.99. The van der Waals surface area contributed by atoms with Crippen molar-refractivity contribution in [1.82, 2.24) is 10.3 Å². The SMILES string of the molecule is Clc1ncccc1C1CC2CCC1N2. The summed E-state index contributed by atoms with van der Waals surface area (Å²) in [7, 11) is 0. The molecule has 0 aromatic carbocycles. The molecule has 2 bridgehead atoms. The highest BCUT2D eigenvalue weighted by Crippen LogP contribution is 2.41. The zero-order chi connectivity index (χ0) is 9.54. The van der Waals surface area contributed by atoms with Gasteiger partial charge in [-0.15, -0.1) is 0 Å². The second kappa shape index (κ2) is 3.21. The number of halogens is 1. The number of hydrogen-bond acceptors (Lipinski definition) is 2. The van der Waals surface area contributed by atoms with Gasteiger partial charge >= 0.3 is 0 Å². The molecule has 0 spiro atoms. The van der Waals surface area contributed by atoms with Crippen LogP contribution in [0, 0.1) is 0 Å². The van der Waals surface area contributed by atoms with Gasteiger partial charge in [-0.25, -0.2) is 4.98 Å². The van der Waals surface area contributed by atoms with Crippen LogP contribution >= 0.6 is 11.6 Å². The zero-order valence-electron chi connectivity index (χ0n) is 7.91. The highest BCUT2D eigenvalue weighted by molar-refractivity contribution is 6.30. The fraction of sp³-hybridized carbons (Fsp3) is 0.545. The maximum Gasteiger partial charge on any atom is 0.132 e. The third-order valence-electron chi connectivity index (χ3n) is 3.49. The average Bonchev–Trinajstić information content (AvgIpc) is 2.79. The van der Waals surface area contributed by atoms with Gasteiger partial charge in [0.2, 0.25) is 0 Å². The summed E-state index contributed by atoms with van der Waals surface area (Å²) in [6, 6.07) is 5.46. The number of hydrogen-bond donors (Lipinski definition) is 1. The number of nitrogens with one attached hydrogen (secondary N) is 1. The van der Waals surface area contributed by atoms with Crippen LogP contribution in [0.1, 0.15) is 30.7 Å². The van der Waals surface area contributed by atoms with Crippen LogP contribution in [0.3, 0.4) is 0 Å². The lowest BCUT2D eigenvalue weighted by Gasteiger charge is -2.20. The highest BCUT2D eigenvalue weighted by Gasteiger charge is 2.40. The molecule has 1 aromatic rings. The predicted octanol–water partition coefficient (Wildman–Crippen LogP) is 2.34. The summed E-state index contributed by atoms with van der Waals surface area (Å²) in [4.78, 5) is 4.14. The van der Waals surface area contributed by atoms with Crippen molar-refractivity contribution in [3.05, 3.63) is 29.0 Å². The molecule has 3 atom stereocenters. The van der Waals surface area contributed by atoms with E-state index in [9.17, 15) is 0 Å². The Hall–Kier alpha value is -0.600. The molecule has 3 unspecified atom stereocenters. The van der Waals surface area contributed by atoms with Crippen LogP contribution in [0.5, 0.6) is 0 Å². The first-order valence-electron chi connectivity index (χ1n) is 5.21. The van der Waals surface area contributed by atoms with E-state index in [-0.39, 0.29) is 0 Å². The van der Waals surface area contributed by atoms with Crippen molar-refractivity contribution in [2.75, 3.05) is 0 Å². The molecule has 1 aromatic heterocycles. The molecule has 0 amide bonds. The van der Waals surface area contributed by atoms with E-state index in [2.05, 4.69) is 16.4 Å². The Bertz CT molecular complexity index is 353. The Morgan fingerprint density at radius 3 is 3.00 bits per heavy atom. The number of rotatable bonds is 1. The standard InChI is InChI=1S/C11H13ClN2/c12-11-8(2-1-5-13-11)9-6-7-3-4-10(9)14-7/h1-2,5,7,9-10,14H,3-4,6H2. The largest absolute Gasteiger partial charge is 0.311 e. The highest BCUT2D eigenvalue weighted by atomic mass is 35.5. The molecular weight excluding hydrogens is 196 g/mol. The summed E-state index contributed by atoms with van der Waals surface area (Å²) >= 11 is 6.10. The maximum atomic E-state index is 6.10. The summed E-state index contributed by atoms with van der Waals surface area (Å²) in [5.74, 6) is 0.593. The van der Waals surface area contributed by atoms with Gasteiger partial charge in [0, 0.05) is 24.2 Å². The Balaban J connectivity index is 1.93. The van der Waals surface area contributed by atoms with Gasteiger partial charge in [0.1, 0.15) is 5.15 Å². The van der Waals surface area contributed by atoms with Crippen LogP contribution in [0.2, 0.25) is 5.15 Å². The molecule has 2 aliphatic heterocycles. The number of aromatic nitrogens is 1. The summed E-state index contributed by atoms with van der Waals surface area (Å²) in [6.07, 6.45) is 5.61. The van der Waals surface area contributed by atoms with E-state index < -0.39 is 0 Å². The van der Waals surface area contributed by atoms with Crippen LogP contribution in [0.25, 0.3) is 0 Å². The quantitative estimate of drug-likeness (QED) is 0.717. The van der Waals surface area contributed by atoms with Gasteiger partial charge in [-0.1, -0.05) is 17.7 Å². The van der Waals surface area contributed by atoms with Crippen molar-refractivity contribution in [3.63, 3.8) is 0 Å². The monoisotopic (exact) mass is 208 g/mol. The second-order valence-electron chi connectivity index (χ2n) is 4.27. The van der Waals surface area contributed by atoms with Gasteiger partial charge in [0.25, 0.3) is 0 Å². The van der Waals surface area contributed by atoms with Crippen LogP contribution in [-0.2, 0) is 0 Å². The van der Waals surface area contributed by atoms with Gasteiger partial charge in [-0.05, 0) is 30.9 Å². The van der Waals surface area contributed by atoms with Crippen molar-refractivity contribution in [3.8, 4) is 0 Å². The minimum atomic E-state index is 0.593. The fourth-order valence-corrected chi connectivity index (χ4v) is 3.10. The molecule has 2 nitrogen and oxygen atoms in total. The van der Waals surface area contributed by atoms with Crippen molar-refractivity contribution < 1.29 is 0 Å². The molecule has 2 fully saturated rings. The van der Waals surface area contributed by atoms with E-state index in [1.165, 1.54) is 24.8 Å². The van der Waals surface area contributed by atoms with E-state index in [0.29, 0.717) is 17.1 Å². The smallest absolute Gasteiger partial charge is 0.132 e. The fourth-order valence-electron chi connectivity index (χ4n) is 2.84. The molecule has 2 saturated heterocycles. The molecular formula is C11H13ClN2. The predicted molar refractivity (Wildman–Crippen MR) is 56.6 cm³/mol. The second-order valence-corrected chi connectivity index (χ2v) is 4.63. The Morgan fingerprint density at radius 1 is 1.43 bits per heavy atom. The molecule has 0 aliphatic carbocycles. The van der Waals surface area contributed by atoms with Crippen LogP contribution in [0.15, 0.2) is 18.3 Å². The van der Waals surface area contributed by atoms with Gasteiger partial charge in [-0.2, -0.15) is 0 Å². The van der Waals surface area contributed by atoms with Gasteiger partial charge < -0.3 is 5.32 Å². The zero-order valence-corrected chi connectivity index (χ0v) is 8.67. The van der Waals surface area contributed by atoms with Gasteiger partial charge in [0.05, 0.1) is 0 Å². The molecule has 74 valence electrons. The normalized spacial score (nSPS) is 35.1. The van der Waals surface area contributed by atoms with Crippen LogP contribution < -0.4 is 5.32 Å². The first kappa shape index (κ1) is 8.69. The van der Waals surface area contributed by atoms with Crippen molar-refractivity contribution in [1.29, 1.82) is 0 Å². The molecule has 0 radical (unpaired) electrons. The molecule has 14 heavy (non-hydrogen) atoms. The number of nitrogens with zero attached hydrogens (tertiary/aromatic N) is 1. The summed E-state index contributed by atoms with van der Waals surface area (Å²) in [5.41, 5.74) is 1.23. The van der Waals surface area contributed by atoms with E-state index in [1.54, 1.807) is 6.20 Å². The van der Waals surface area contributed by atoms with E-state index >= 15 is 0 Å². The van der Waals surface area contributed by atoms with E-state index in [1.807, 2.05) is 6.07 Å². The first-order valence-corrected chi connectivity index (χ1v) is 5.59. The molecule has 3 rings (SSSR count). The summed E-state index contributed by atoms with van der Waals surface area (Å²) in [6.45, 7) is 0. The van der Waals surface area contributed by atoms with Crippen molar-refractivity contribution in [2.24, 2.45) is 0 Å². The minimum Gasteiger partial charge on any atom is -0.311 e. The van der Waals surface area contributed by atoms with E-state index in [0.717, 1.165) is 6.04 Å². The van der Waals surface area contributed by atoms with Crippen molar-refractivity contribution >= 4 is 11.6 Å². The number of pyridine rings is 1. The van der Waals surface area contributed by atoms with Gasteiger partial charge in [0.15, 0.2) is 0 Å². The Labute approximate surface area is 88.7 Å². The topological polar surface area (TPSA) is 24.9 Å². The first-order chi connectivity index (χ1) is 6.84. The Morgan fingerprint density at radius 2 is 2.36 bits per heavy atom. The minimum absolute atomic E-state index is 0.593. The molecule has 1 N–H and O–H groups in total. The van der Waals surface area contributed by atoms with Crippen molar-refractivity contribution in [2.45, 2.75) is 37.3 Å². The van der Waals surface area contributed by atoms with Crippen LogP contribution in [-0.4, -0.2) is 17.1 Å².